The molecule has 6 rings (SSSR count). The van der Waals surface area contributed by atoms with Gasteiger partial charge in [0.15, 0.2) is 0 Å². The fourth-order valence-electron chi connectivity index (χ4n) is 9.44. The number of anilines is 1. The van der Waals surface area contributed by atoms with Crippen LogP contribution in [0, 0.1) is 35.5 Å². The van der Waals surface area contributed by atoms with E-state index >= 15 is 0 Å². The Kier molecular flexibility index (Phi) is 13.1. The number of hydrogen-bond donors (Lipinski definition) is 1. The van der Waals surface area contributed by atoms with Crippen molar-refractivity contribution in [3.8, 4) is 5.75 Å². The Morgan fingerprint density at radius 1 is 1.00 bits per heavy atom. The highest BCUT2D eigenvalue weighted by atomic mass is 35.5. The average molecular weight is 718 g/mol. The summed E-state index contributed by atoms with van der Waals surface area (Å²) >= 11 is 6.43. The zero-order valence-electron chi connectivity index (χ0n) is 32.1. The van der Waals surface area contributed by atoms with E-state index in [0.29, 0.717) is 35.8 Å². The van der Waals surface area contributed by atoms with Gasteiger partial charge in [-0.3, -0.25) is 9.69 Å². The molecule has 0 aromatic heterocycles. The largest absolute Gasteiger partial charge is 0.487 e. The molecule has 2 heterocycles. The number of likely N-dealkylation sites (tertiary alicyclic amines) is 1. The zero-order chi connectivity index (χ0) is 36.0. The third kappa shape index (κ3) is 9.16. The van der Waals surface area contributed by atoms with Crippen molar-refractivity contribution in [1.82, 2.24) is 10.2 Å². The number of amides is 1. The molecule has 1 saturated heterocycles. The number of aryl methyl sites for hydroxylation is 1. The van der Waals surface area contributed by atoms with E-state index in [1.807, 2.05) is 31.4 Å². The van der Waals surface area contributed by atoms with Gasteiger partial charge in [-0.25, -0.2) is 0 Å². The van der Waals surface area contributed by atoms with Crippen molar-refractivity contribution in [2.75, 3.05) is 51.8 Å². The molecule has 0 spiro atoms. The summed E-state index contributed by atoms with van der Waals surface area (Å²) in [5.74, 6) is 4.71. The second-order valence-electron chi connectivity index (χ2n) is 16.7. The second-order valence-corrected chi connectivity index (χ2v) is 17.1. The number of piperidine rings is 1. The Morgan fingerprint density at radius 3 is 2.57 bits per heavy atom. The molecular weight excluding hydrogens is 654 g/mol. The minimum absolute atomic E-state index is 0.0746. The highest BCUT2D eigenvalue weighted by Crippen LogP contribution is 2.47. The lowest BCUT2D eigenvalue weighted by molar-refractivity contribution is -0.0986. The fourth-order valence-corrected chi connectivity index (χ4v) is 9.63. The Labute approximate surface area is 313 Å². The number of allylic oxidation sites excluding steroid dienone is 1. The van der Waals surface area contributed by atoms with Gasteiger partial charge in [0.2, 0.25) is 0 Å². The Hall–Kier alpha value is -2.54. The molecule has 2 aliphatic heterocycles. The first-order valence-corrected chi connectivity index (χ1v) is 20.5. The molecular formula is C44H64ClN3O3. The van der Waals surface area contributed by atoms with E-state index in [-0.39, 0.29) is 11.5 Å². The molecule has 280 valence electrons. The second kappa shape index (κ2) is 17.5. The smallest absolute Gasteiger partial charge is 0.251 e. The van der Waals surface area contributed by atoms with E-state index in [1.54, 1.807) is 7.05 Å². The van der Waals surface area contributed by atoms with E-state index in [2.05, 4.69) is 60.2 Å². The first-order valence-electron chi connectivity index (χ1n) is 20.2. The van der Waals surface area contributed by atoms with Gasteiger partial charge in [-0.15, -0.1) is 0 Å². The van der Waals surface area contributed by atoms with E-state index in [1.165, 1.54) is 69.2 Å². The van der Waals surface area contributed by atoms with Gasteiger partial charge in [0, 0.05) is 50.9 Å². The third-order valence-electron chi connectivity index (χ3n) is 13.2. The van der Waals surface area contributed by atoms with Gasteiger partial charge >= 0.3 is 0 Å². The summed E-state index contributed by atoms with van der Waals surface area (Å²) in [6.45, 7) is 12.7. The molecule has 51 heavy (non-hydrogen) atoms. The van der Waals surface area contributed by atoms with Crippen LogP contribution in [0.3, 0.4) is 0 Å². The quantitative estimate of drug-likeness (QED) is 0.235. The summed E-state index contributed by atoms with van der Waals surface area (Å²) in [4.78, 5) is 18.2. The first-order chi connectivity index (χ1) is 24.7. The molecule has 4 aliphatic rings. The number of ether oxygens (including phenoxy) is 2. The molecule has 0 bridgehead atoms. The van der Waals surface area contributed by atoms with Gasteiger partial charge in [-0.05, 0) is 135 Å². The van der Waals surface area contributed by atoms with Gasteiger partial charge in [-0.1, -0.05) is 69.9 Å². The van der Waals surface area contributed by atoms with Gasteiger partial charge in [0.05, 0.1) is 5.69 Å². The van der Waals surface area contributed by atoms with E-state index in [9.17, 15) is 4.79 Å². The van der Waals surface area contributed by atoms with Gasteiger partial charge in [0.1, 0.15) is 18.0 Å². The van der Waals surface area contributed by atoms with Crippen molar-refractivity contribution in [1.29, 1.82) is 0 Å². The van der Waals surface area contributed by atoms with E-state index < -0.39 is 0 Å². The van der Waals surface area contributed by atoms with Crippen molar-refractivity contribution >= 4 is 23.2 Å². The van der Waals surface area contributed by atoms with Crippen molar-refractivity contribution in [3.63, 3.8) is 0 Å². The van der Waals surface area contributed by atoms with Gasteiger partial charge < -0.3 is 19.7 Å². The maximum Gasteiger partial charge on any atom is 0.251 e. The van der Waals surface area contributed by atoms with Crippen LogP contribution in [-0.4, -0.2) is 63.3 Å². The van der Waals surface area contributed by atoms with Crippen LogP contribution in [0.25, 0.3) is 0 Å². The molecule has 7 heteroatoms. The van der Waals surface area contributed by atoms with Crippen molar-refractivity contribution in [2.24, 2.45) is 35.5 Å². The number of nitrogens with one attached hydrogen (secondary N) is 1. The molecule has 2 aliphatic carbocycles. The monoisotopic (exact) mass is 717 g/mol. The van der Waals surface area contributed by atoms with Gasteiger partial charge in [0.25, 0.3) is 5.91 Å². The molecule has 2 saturated carbocycles. The zero-order valence-corrected chi connectivity index (χ0v) is 32.9. The molecule has 6 nitrogen and oxygen atoms in total. The number of halogens is 1. The molecule has 2 aromatic rings. The maximum atomic E-state index is 12.9. The Balaban J connectivity index is 1.27. The highest BCUT2D eigenvalue weighted by Gasteiger charge is 2.48. The molecule has 3 fully saturated rings. The average Bonchev–Trinajstić information content (AvgIpc) is 3.15. The standard InChI is InChI=1S/C44H64ClN3O3/c1-31(2)32(3)11-10-22-44(50-5,30-47-24-21-33-12-6-7-14-36(33)27-47)40-19-16-37(40)28-48-23-9-8-13-34-25-39(45)18-15-38(34)29-51-42-20-17-35(26-41(42)48)43(49)46-4/h10,15,17-18,20,22,25-26,31-33,36-37,40H,6-9,11-14,16,19,21,23-24,27-30H2,1-5H3,(H,46,49)/b22-10+/t32-,33?,36-,37-,40+,44?/m0/s1. The molecule has 2 aromatic carbocycles. The van der Waals surface area contributed by atoms with Crippen molar-refractivity contribution in [3.05, 3.63) is 70.3 Å². The third-order valence-corrected chi connectivity index (χ3v) is 13.5. The van der Waals surface area contributed by atoms with Crippen LogP contribution in [0.5, 0.6) is 5.75 Å². The fraction of sp³-hybridized carbons (Fsp3) is 0.659. The van der Waals surface area contributed by atoms with Crippen LogP contribution in [0.2, 0.25) is 5.02 Å². The Bertz CT molecular complexity index is 1490. The SMILES string of the molecule is CNC(=O)c1ccc2c(c1)N(C[C@@H]1CC[C@H]1C(/C=C/C[C@H](C)C(C)C)(CN1CCC3CCCC[C@H]3C1)OC)CCCCc1cc(Cl)ccc1CO2. The predicted octanol–water partition coefficient (Wildman–Crippen LogP) is 9.58. The summed E-state index contributed by atoms with van der Waals surface area (Å²) in [7, 11) is 3.67. The lowest BCUT2D eigenvalue weighted by Gasteiger charge is -2.52. The minimum Gasteiger partial charge on any atom is -0.487 e. The summed E-state index contributed by atoms with van der Waals surface area (Å²) in [5, 5.41) is 3.60. The molecule has 2 unspecified atom stereocenters. The molecule has 1 amide bonds. The van der Waals surface area contributed by atoms with Crippen LogP contribution in [0.1, 0.15) is 106 Å². The number of benzene rings is 2. The number of nitrogens with zero attached hydrogens (tertiary/aromatic N) is 2. The van der Waals surface area contributed by atoms with Gasteiger partial charge in [-0.2, -0.15) is 0 Å². The maximum absolute atomic E-state index is 12.9. The summed E-state index contributed by atoms with van der Waals surface area (Å²) in [5.41, 5.74) is 3.80. The first kappa shape index (κ1) is 38.2. The van der Waals surface area contributed by atoms with E-state index in [4.69, 9.17) is 21.1 Å². The topological polar surface area (TPSA) is 54.0 Å². The molecule has 1 N–H and O–H groups in total. The lowest BCUT2D eigenvalue weighted by Crippen LogP contribution is -2.57. The van der Waals surface area contributed by atoms with Crippen LogP contribution in [0.15, 0.2) is 48.6 Å². The number of fused-ring (bicyclic) bond motifs is 3. The summed E-state index contributed by atoms with van der Waals surface area (Å²) in [6, 6.07) is 12.1. The normalized spacial score (nSPS) is 26.1. The summed E-state index contributed by atoms with van der Waals surface area (Å²) < 4.78 is 13.4. The number of carbonyl (C=O) groups is 1. The Morgan fingerprint density at radius 2 is 1.82 bits per heavy atom. The number of hydrogen-bond acceptors (Lipinski definition) is 5. The summed E-state index contributed by atoms with van der Waals surface area (Å²) in [6.07, 6.45) is 18.4. The molecule has 6 atom stereocenters. The lowest BCUT2D eigenvalue weighted by atomic mass is 9.63. The number of rotatable bonds is 11. The van der Waals surface area contributed by atoms with Crippen molar-refractivity contribution < 1.29 is 14.3 Å². The minimum atomic E-state index is -0.320. The highest BCUT2D eigenvalue weighted by molar-refractivity contribution is 6.30. The van der Waals surface area contributed by atoms with Crippen LogP contribution < -0.4 is 15.0 Å². The predicted molar refractivity (Wildman–Crippen MR) is 211 cm³/mol. The number of carbonyl (C=O) groups excluding carboxylic acids is 1. The van der Waals surface area contributed by atoms with Crippen LogP contribution in [-0.2, 0) is 17.8 Å². The van der Waals surface area contributed by atoms with Crippen LogP contribution >= 0.6 is 11.6 Å². The van der Waals surface area contributed by atoms with Crippen molar-refractivity contribution in [2.45, 2.75) is 104 Å². The van der Waals surface area contributed by atoms with Crippen LogP contribution in [0.4, 0.5) is 5.69 Å². The molecule has 0 radical (unpaired) electrons. The number of methoxy groups -OCH3 is 1. The van der Waals surface area contributed by atoms with E-state index in [0.717, 1.165) is 73.6 Å².